The van der Waals surface area contributed by atoms with Crippen molar-refractivity contribution in [2.75, 3.05) is 0 Å². The van der Waals surface area contributed by atoms with E-state index in [0.717, 1.165) is 12.0 Å². The molecule has 0 aliphatic rings. The van der Waals surface area contributed by atoms with E-state index in [4.69, 9.17) is 5.73 Å². The van der Waals surface area contributed by atoms with Gasteiger partial charge in [0.15, 0.2) is 11.0 Å². The van der Waals surface area contributed by atoms with Crippen LogP contribution in [-0.2, 0) is 17.8 Å². The zero-order valence-electron chi connectivity index (χ0n) is 14.3. The summed E-state index contributed by atoms with van der Waals surface area (Å²) in [6, 6.07) is 16.4. The molecule has 2 aromatic carbocycles. The lowest BCUT2D eigenvalue weighted by Crippen LogP contribution is -2.23. The highest BCUT2D eigenvalue weighted by Crippen LogP contribution is 2.28. The molecule has 1 amide bonds. The molecule has 0 saturated carbocycles. The molecule has 0 bridgehead atoms. The second kappa shape index (κ2) is 8.14. The van der Waals surface area contributed by atoms with Gasteiger partial charge < -0.3 is 10.3 Å². The fourth-order valence-electron chi connectivity index (χ4n) is 2.52. The number of aryl methyl sites for hydroxylation is 1. The molecular weight excluding hydrogens is 351 g/mol. The Balaban J connectivity index is 1.95. The molecule has 0 fully saturated rings. The van der Waals surface area contributed by atoms with Crippen LogP contribution in [0, 0.1) is 5.82 Å². The number of aromatic nitrogens is 3. The van der Waals surface area contributed by atoms with Crippen molar-refractivity contribution < 1.29 is 9.18 Å². The summed E-state index contributed by atoms with van der Waals surface area (Å²) in [6.45, 7) is 2.28. The Morgan fingerprint density at radius 1 is 1.15 bits per heavy atom. The number of amides is 1. The minimum absolute atomic E-state index is 0.361. The van der Waals surface area contributed by atoms with E-state index in [0.29, 0.717) is 23.1 Å². The molecule has 0 aliphatic heterocycles. The number of nitrogens with two attached hydrogens (primary N) is 1. The van der Waals surface area contributed by atoms with Crippen LogP contribution in [0.3, 0.4) is 0 Å². The Bertz CT molecular complexity index is 898. The molecule has 0 aliphatic carbocycles. The van der Waals surface area contributed by atoms with Crippen LogP contribution in [0.2, 0.25) is 0 Å². The fraction of sp³-hybridized carbons (Fsp3) is 0.211. The predicted octanol–water partition coefficient (Wildman–Crippen LogP) is 3.29. The van der Waals surface area contributed by atoms with Crippen LogP contribution in [0.1, 0.15) is 12.5 Å². The normalized spacial score (nSPS) is 12.1. The molecular formula is C19H19FN4OS. The third-order valence-corrected chi connectivity index (χ3v) is 5.08. The maximum atomic E-state index is 14.3. The summed E-state index contributed by atoms with van der Waals surface area (Å²) < 4.78 is 16.1. The number of benzene rings is 2. The number of halogens is 1. The molecule has 1 aromatic heterocycles. The quantitative estimate of drug-likeness (QED) is 0.648. The van der Waals surface area contributed by atoms with Crippen LogP contribution < -0.4 is 5.73 Å². The van der Waals surface area contributed by atoms with Gasteiger partial charge in [-0.2, -0.15) is 0 Å². The Morgan fingerprint density at radius 3 is 2.54 bits per heavy atom. The van der Waals surface area contributed by atoms with Gasteiger partial charge in [-0.25, -0.2) is 4.39 Å². The highest BCUT2D eigenvalue weighted by Gasteiger charge is 2.20. The van der Waals surface area contributed by atoms with Gasteiger partial charge >= 0.3 is 0 Å². The predicted molar refractivity (Wildman–Crippen MR) is 100 cm³/mol. The van der Waals surface area contributed by atoms with Crippen molar-refractivity contribution in [3.63, 3.8) is 0 Å². The molecule has 2 N–H and O–H groups in total. The van der Waals surface area contributed by atoms with E-state index in [1.54, 1.807) is 25.1 Å². The van der Waals surface area contributed by atoms with Gasteiger partial charge in [-0.1, -0.05) is 54.2 Å². The number of hydrogen-bond donors (Lipinski definition) is 1. The van der Waals surface area contributed by atoms with Crippen molar-refractivity contribution in [2.45, 2.75) is 30.3 Å². The lowest BCUT2D eigenvalue weighted by Gasteiger charge is -2.12. The van der Waals surface area contributed by atoms with E-state index in [-0.39, 0.29) is 5.82 Å². The lowest BCUT2D eigenvalue weighted by atomic mass is 10.1. The van der Waals surface area contributed by atoms with Gasteiger partial charge in [-0.05, 0) is 31.0 Å². The molecule has 0 radical (unpaired) electrons. The summed E-state index contributed by atoms with van der Waals surface area (Å²) in [5.74, 6) is -0.349. The summed E-state index contributed by atoms with van der Waals surface area (Å²) in [5.41, 5.74) is 6.90. The Kier molecular flexibility index (Phi) is 5.68. The first-order valence-corrected chi connectivity index (χ1v) is 9.12. The summed E-state index contributed by atoms with van der Waals surface area (Å²) in [5, 5.41) is 8.43. The second-order valence-electron chi connectivity index (χ2n) is 5.84. The lowest BCUT2D eigenvalue weighted by molar-refractivity contribution is -0.117. The van der Waals surface area contributed by atoms with E-state index in [9.17, 15) is 9.18 Å². The molecule has 7 heteroatoms. The highest BCUT2D eigenvalue weighted by molar-refractivity contribution is 8.00. The average molecular weight is 370 g/mol. The number of carbonyl (C=O) groups is 1. The first kappa shape index (κ1) is 18.1. The van der Waals surface area contributed by atoms with Crippen molar-refractivity contribution in [2.24, 2.45) is 5.73 Å². The smallest absolute Gasteiger partial charge is 0.230 e. The van der Waals surface area contributed by atoms with Gasteiger partial charge in [0.2, 0.25) is 5.91 Å². The largest absolute Gasteiger partial charge is 0.369 e. The minimum atomic E-state index is -0.455. The molecule has 26 heavy (non-hydrogen) atoms. The first-order valence-electron chi connectivity index (χ1n) is 8.24. The van der Waals surface area contributed by atoms with Crippen molar-refractivity contribution in [3.8, 4) is 11.4 Å². The highest BCUT2D eigenvalue weighted by atomic mass is 32.2. The summed E-state index contributed by atoms with van der Waals surface area (Å²) >= 11 is 1.23. The zero-order chi connectivity index (χ0) is 18.5. The van der Waals surface area contributed by atoms with Crippen molar-refractivity contribution >= 4 is 17.7 Å². The standard InChI is InChI=1S/C19H19FN4OS/c1-13(17(21)25)26-19-23-22-18(15-9-5-6-10-16(15)20)24(19)12-11-14-7-3-2-4-8-14/h2-10,13H,11-12H2,1H3,(H2,21,25)/t13-/m0/s1. The first-order chi connectivity index (χ1) is 12.6. The van der Waals surface area contributed by atoms with Crippen LogP contribution in [-0.4, -0.2) is 25.9 Å². The van der Waals surface area contributed by atoms with Crippen LogP contribution >= 0.6 is 11.8 Å². The van der Waals surface area contributed by atoms with E-state index >= 15 is 0 Å². The molecule has 0 unspecified atom stereocenters. The van der Waals surface area contributed by atoms with Crippen LogP contribution in [0.25, 0.3) is 11.4 Å². The molecule has 134 valence electrons. The van der Waals surface area contributed by atoms with Crippen molar-refractivity contribution in [1.82, 2.24) is 14.8 Å². The third kappa shape index (κ3) is 4.11. The number of thioether (sulfide) groups is 1. The van der Waals surface area contributed by atoms with Crippen LogP contribution in [0.4, 0.5) is 4.39 Å². The molecule has 3 rings (SSSR count). The van der Waals surface area contributed by atoms with Gasteiger partial charge in [-0.15, -0.1) is 10.2 Å². The SMILES string of the molecule is C[C@H](Sc1nnc(-c2ccccc2F)n1CCc1ccccc1)C(N)=O. The maximum absolute atomic E-state index is 14.3. The Labute approximate surface area is 155 Å². The number of primary amides is 1. The van der Waals surface area contributed by atoms with Crippen molar-refractivity contribution in [3.05, 3.63) is 66.0 Å². The summed E-state index contributed by atoms with van der Waals surface area (Å²) in [4.78, 5) is 11.4. The van der Waals surface area contributed by atoms with Crippen LogP contribution in [0.5, 0.6) is 0 Å². The fourth-order valence-corrected chi connectivity index (χ4v) is 3.35. The third-order valence-electron chi connectivity index (χ3n) is 3.98. The molecule has 1 atom stereocenters. The zero-order valence-corrected chi connectivity index (χ0v) is 15.1. The van der Waals surface area contributed by atoms with Gasteiger partial charge in [-0.3, -0.25) is 4.79 Å². The maximum Gasteiger partial charge on any atom is 0.230 e. The van der Waals surface area contributed by atoms with Gasteiger partial charge in [0.1, 0.15) is 5.82 Å². The van der Waals surface area contributed by atoms with E-state index < -0.39 is 11.2 Å². The Morgan fingerprint density at radius 2 is 1.85 bits per heavy atom. The molecule has 3 aromatic rings. The van der Waals surface area contributed by atoms with Crippen molar-refractivity contribution in [1.29, 1.82) is 0 Å². The molecule has 5 nitrogen and oxygen atoms in total. The summed E-state index contributed by atoms with van der Waals surface area (Å²) in [7, 11) is 0. The molecule has 0 spiro atoms. The Hall–Kier alpha value is -2.67. The van der Waals surface area contributed by atoms with E-state index in [1.807, 2.05) is 34.9 Å². The van der Waals surface area contributed by atoms with Gasteiger partial charge in [0.05, 0.1) is 10.8 Å². The second-order valence-corrected chi connectivity index (χ2v) is 7.14. The van der Waals surface area contributed by atoms with Crippen LogP contribution in [0.15, 0.2) is 59.8 Å². The topological polar surface area (TPSA) is 73.8 Å². The van der Waals surface area contributed by atoms with Gasteiger partial charge in [0.25, 0.3) is 0 Å². The summed E-state index contributed by atoms with van der Waals surface area (Å²) in [6.07, 6.45) is 0.735. The van der Waals surface area contributed by atoms with Gasteiger partial charge in [0, 0.05) is 6.54 Å². The number of rotatable bonds is 7. The number of nitrogens with zero attached hydrogens (tertiary/aromatic N) is 3. The molecule has 0 saturated heterocycles. The monoisotopic (exact) mass is 370 g/mol. The van der Waals surface area contributed by atoms with E-state index in [2.05, 4.69) is 10.2 Å². The number of carbonyl (C=O) groups excluding carboxylic acids is 1. The number of hydrogen-bond acceptors (Lipinski definition) is 4. The van der Waals surface area contributed by atoms with E-state index in [1.165, 1.54) is 17.8 Å². The minimum Gasteiger partial charge on any atom is -0.369 e. The molecule has 1 heterocycles. The average Bonchev–Trinajstić information content (AvgIpc) is 3.03.